The Morgan fingerprint density at radius 1 is 1.15 bits per heavy atom. The second kappa shape index (κ2) is 7.19. The summed E-state index contributed by atoms with van der Waals surface area (Å²) in [5.74, 6) is 0.153. The first-order valence-electron chi connectivity index (χ1n) is 7.67. The molecule has 5 nitrogen and oxygen atoms in total. The van der Waals surface area contributed by atoms with Crippen molar-refractivity contribution in [2.24, 2.45) is 0 Å². The van der Waals surface area contributed by atoms with E-state index in [1.165, 1.54) is 34.8 Å². The zero-order chi connectivity index (χ0) is 17.9. The summed E-state index contributed by atoms with van der Waals surface area (Å²) in [6, 6.07) is 9.81. The summed E-state index contributed by atoms with van der Waals surface area (Å²) in [5, 5.41) is 7.57. The number of thiazole rings is 2. The molecular weight excluding hydrogens is 373 g/mol. The van der Waals surface area contributed by atoms with E-state index in [2.05, 4.69) is 15.3 Å². The number of anilines is 1. The third kappa shape index (κ3) is 3.71. The normalized spacial score (nSPS) is 10.8. The zero-order valence-corrected chi connectivity index (χ0v) is 14.9. The van der Waals surface area contributed by atoms with Gasteiger partial charge in [-0.25, -0.2) is 14.4 Å². The lowest BCUT2D eigenvalue weighted by molar-refractivity contribution is -0.115. The number of halogens is 1. The molecule has 0 unspecified atom stereocenters. The van der Waals surface area contributed by atoms with Crippen molar-refractivity contribution in [1.82, 2.24) is 9.97 Å². The summed E-state index contributed by atoms with van der Waals surface area (Å²) in [6.07, 6.45) is 1.73. The number of rotatable bonds is 5. The minimum absolute atomic E-state index is 0.145. The summed E-state index contributed by atoms with van der Waals surface area (Å²) in [6.45, 7) is 0. The molecule has 0 saturated heterocycles. The van der Waals surface area contributed by atoms with Crippen molar-refractivity contribution < 1.29 is 13.6 Å². The third-order valence-electron chi connectivity index (χ3n) is 3.50. The Balaban J connectivity index is 1.41. The molecule has 4 rings (SSSR count). The van der Waals surface area contributed by atoms with Crippen molar-refractivity contribution in [3.8, 4) is 22.0 Å². The Morgan fingerprint density at radius 2 is 2.08 bits per heavy atom. The summed E-state index contributed by atoms with van der Waals surface area (Å²) in [4.78, 5) is 21.0. The van der Waals surface area contributed by atoms with Crippen LogP contribution < -0.4 is 5.32 Å². The first-order chi connectivity index (χ1) is 12.7. The van der Waals surface area contributed by atoms with Gasteiger partial charge in [-0.3, -0.25) is 4.79 Å². The Hall–Kier alpha value is -2.84. The summed E-state index contributed by atoms with van der Waals surface area (Å²) in [5.41, 5.74) is 1.96. The maximum Gasteiger partial charge on any atom is 0.232 e. The van der Waals surface area contributed by atoms with E-state index >= 15 is 0 Å². The van der Waals surface area contributed by atoms with Crippen LogP contribution >= 0.6 is 22.7 Å². The van der Waals surface area contributed by atoms with Gasteiger partial charge in [0, 0.05) is 16.3 Å². The Labute approximate surface area is 156 Å². The van der Waals surface area contributed by atoms with Crippen molar-refractivity contribution in [1.29, 1.82) is 0 Å². The molecule has 0 spiro atoms. The quantitative estimate of drug-likeness (QED) is 0.533. The second-order valence-corrected chi connectivity index (χ2v) is 7.11. The highest BCUT2D eigenvalue weighted by atomic mass is 32.1. The molecule has 8 heteroatoms. The van der Waals surface area contributed by atoms with Gasteiger partial charge in [-0.15, -0.1) is 22.7 Å². The van der Waals surface area contributed by atoms with Crippen LogP contribution in [0.1, 0.15) is 5.69 Å². The molecule has 130 valence electrons. The van der Waals surface area contributed by atoms with E-state index in [1.807, 2.05) is 11.4 Å². The van der Waals surface area contributed by atoms with Crippen LogP contribution in [-0.4, -0.2) is 15.9 Å². The van der Waals surface area contributed by atoms with Crippen LogP contribution in [0.25, 0.3) is 22.0 Å². The van der Waals surface area contributed by atoms with E-state index in [0.717, 1.165) is 5.01 Å². The van der Waals surface area contributed by atoms with Gasteiger partial charge in [0.1, 0.15) is 5.82 Å². The van der Waals surface area contributed by atoms with Gasteiger partial charge in [0.05, 0.1) is 24.1 Å². The smallest absolute Gasteiger partial charge is 0.232 e. The SMILES string of the molecule is O=C(Cc1csc(-c2ccco2)n1)Nc1nc(-c2cccc(F)c2)cs1. The molecule has 3 heterocycles. The number of benzene rings is 1. The molecule has 3 aromatic heterocycles. The fraction of sp³-hybridized carbons (Fsp3) is 0.0556. The maximum atomic E-state index is 13.3. The molecule has 0 radical (unpaired) electrons. The summed E-state index contributed by atoms with van der Waals surface area (Å²) >= 11 is 2.72. The van der Waals surface area contributed by atoms with Gasteiger partial charge in [0.15, 0.2) is 15.9 Å². The van der Waals surface area contributed by atoms with Crippen molar-refractivity contribution in [3.05, 3.63) is 64.9 Å². The highest BCUT2D eigenvalue weighted by Crippen LogP contribution is 2.26. The molecule has 1 aromatic carbocycles. The number of hydrogen-bond acceptors (Lipinski definition) is 6. The van der Waals surface area contributed by atoms with Crippen LogP contribution in [0.3, 0.4) is 0 Å². The van der Waals surface area contributed by atoms with Gasteiger partial charge in [-0.2, -0.15) is 0 Å². The van der Waals surface area contributed by atoms with Crippen LogP contribution in [0.4, 0.5) is 9.52 Å². The van der Waals surface area contributed by atoms with Gasteiger partial charge in [0.25, 0.3) is 0 Å². The highest BCUT2D eigenvalue weighted by molar-refractivity contribution is 7.14. The fourth-order valence-corrected chi connectivity index (χ4v) is 3.86. The topological polar surface area (TPSA) is 68.0 Å². The summed E-state index contributed by atoms with van der Waals surface area (Å²) < 4.78 is 18.6. The van der Waals surface area contributed by atoms with E-state index in [0.29, 0.717) is 27.8 Å². The third-order valence-corrected chi connectivity index (χ3v) is 5.16. The van der Waals surface area contributed by atoms with E-state index in [1.54, 1.807) is 29.8 Å². The second-order valence-electron chi connectivity index (χ2n) is 5.39. The minimum atomic E-state index is -0.322. The van der Waals surface area contributed by atoms with E-state index in [-0.39, 0.29) is 18.1 Å². The lowest BCUT2D eigenvalue weighted by Gasteiger charge is -1.99. The van der Waals surface area contributed by atoms with Crippen LogP contribution in [0.15, 0.2) is 57.8 Å². The number of nitrogens with zero attached hydrogens (tertiary/aromatic N) is 2. The molecule has 0 bridgehead atoms. The van der Waals surface area contributed by atoms with Crippen LogP contribution in [-0.2, 0) is 11.2 Å². The van der Waals surface area contributed by atoms with Gasteiger partial charge in [-0.1, -0.05) is 12.1 Å². The van der Waals surface area contributed by atoms with Gasteiger partial charge in [0.2, 0.25) is 5.91 Å². The zero-order valence-electron chi connectivity index (χ0n) is 13.3. The Morgan fingerprint density at radius 3 is 2.88 bits per heavy atom. The number of carbonyl (C=O) groups is 1. The predicted molar refractivity (Wildman–Crippen MR) is 99.7 cm³/mol. The van der Waals surface area contributed by atoms with Crippen LogP contribution in [0, 0.1) is 5.82 Å². The largest absolute Gasteiger partial charge is 0.462 e. The molecule has 1 N–H and O–H groups in total. The first-order valence-corrected chi connectivity index (χ1v) is 9.43. The van der Waals surface area contributed by atoms with Crippen molar-refractivity contribution >= 4 is 33.7 Å². The molecule has 0 atom stereocenters. The molecular formula is C18H12FN3O2S2. The van der Waals surface area contributed by atoms with Crippen molar-refractivity contribution in [2.75, 3.05) is 5.32 Å². The predicted octanol–water partition coefficient (Wildman–Crippen LogP) is 4.85. The molecule has 0 saturated carbocycles. The molecule has 0 fully saturated rings. The number of aromatic nitrogens is 2. The Kier molecular flexibility index (Phi) is 4.59. The Bertz CT molecular complexity index is 1040. The van der Waals surface area contributed by atoms with E-state index in [9.17, 15) is 9.18 Å². The fourth-order valence-electron chi connectivity index (χ4n) is 2.34. The monoisotopic (exact) mass is 385 g/mol. The number of hydrogen-bond donors (Lipinski definition) is 1. The minimum Gasteiger partial charge on any atom is -0.462 e. The molecule has 4 aromatic rings. The highest BCUT2D eigenvalue weighted by Gasteiger charge is 2.13. The first kappa shape index (κ1) is 16.6. The molecule has 0 aliphatic rings. The number of furan rings is 1. The lowest BCUT2D eigenvalue weighted by Crippen LogP contribution is -2.14. The summed E-state index contributed by atoms with van der Waals surface area (Å²) in [7, 11) is 0. The van der Waals surface area contributed by atoms with Crippen LogP contribution in [0.5, 0.6) is 0 Å². The van der Waals surface area contributed by atoms with Crippen molar-refractivity contribution in [3.63, 3.8) is 0 Å². The molecule has 1 amide bonds. The molecule has 26 heavy (non-hydrogen) atoms. The van der Waals surface area contributed by atoms with E-state index < -0.39 is 0 Å². The number of nitrogens with one attached hydrogen (secondary N) is 1. The van der Waals surface area contributed by atoms with Crippen molar-refractivity contribution in [2.45, 2.75) is 6.42 Å². The number of carbonyl (C=O) groups excluding carboxylic acids is 1. The van der Waals surface area contributed by atoms with E-state index in [4.69, 9.17) is 4.42 Å². The van der Waals surface area contributed by atoms with Gasteiger partial charge < -0.3 is 9.73 Å². The molecule has 0 aliphatic heterocycles. The van der Waals surface area contributed by atoms with Gasteiger partial charge in [-0.05, 0) is 24.3 Å². The number of amides is 1. The lowest BCUT2D eigenvalue weighted by atomic mass is 10.2. The van der Waals surface area contributed by atoms with Gasteiger partial charge >= 0.3 is 0 Å². The average Bonchev–Trinajstić information content (AvgIpc) is 3.36. The van der Waals surface area contributed by atoms with Crippen LogP contribution in [0.2, 0.25) is 0 Å². The average molecular weight is 385 g/mol. The standard InChI is InChI=1S/C18H12FN3O2S2/c19-12-4-1-3-11(7-12)14-10-26-18(21-14)22-16(23)8-13-9-25-17(20-13)15-5-2-6-24-15/h1-7,9-10H,8H2,(H,21,22,23). The maximum absolute atomic E-state index is 13.3. The molecule has 0 aliphatic carbocycles.